The van der Waals surface area contributed by atoms with Gasteiger partial charge in [-0.3, -0.25) is 0 Å². The van der Waals surface area contributed by atoms with Crippen molar-refractivity contribution in [2.45, 2.75) is 96.3 Å². The monoisotopic (exact) mass is 440 g/mol. The van der Waals surface area contributed by atoms with E-state index in [1.807, 2.05) is 13.0 Å². The molecule has 1 saturated carbocycles. The highest BCUT2D eigenvalue weighted by Gasteiger charge is 2.28. The highest BCUT2D eigenvalue weighted by Crippen LogP contribution is 2.41. The van der Waals surface area contributed by atoms with E-state index in [1.54, 1.807) is 12.1 Å². The molecule has 0 saturated heterocycles. The number of halogens is 2. The molecule has 0 heterocycles. The van der Waals surface area contributed by atoms with Crippen molar-refractivity contribution in [3.8, 4) is 5.75 Å². The fraction of sp³-hybridized carbons (Fsp3) is 0.586. The van der Waals surface area contributed by atoms with Crippen LogP contribution in [0.3, 0.4) is 0 Å². The van der Waals surface area contributed by atoms with Crippen molar-refractivity contribution >= 4 is 0 Å². The van der Waals surface area contributed by atoms with Crippen LogP contribution in [0.5, 0.6) is 5.75 Å². The molecule has 0 N–H and O–H groups in total. The fourth-order valence-corrected chi connectivity index (χ4v) is 5.93. The van der Waals surface area contributed by atoms with Crippen LogP contribution in [0.25, 0.3) is 0 Å². The molecule has 0 aromatic heterocycles. The fourth-order valence-electron chi connectivity index (χ4n) is 5.93. The summed E-state index contributed by atoms with van der Waals surface area (Å²) in [5.41, 5.74) is 3.60. The van der Waals surface area contributed by atoms with Crippen LogP contribution in [0, 0.1) is 17.6 Å². The van der Waals surface area contributed by atoms with Gasteiger partial charge in [-0.1, -0.05) is 38.7 Å². The van der Waals surface area contributed by atoms with Crippen molar-refractivity contribution < 1.29 is 13.5 Å². The molecule has 3 heteroatoms. The van der Waals surface area contributed by atoms with Crippen LogP contribution in [0.15, 0.2) is 30.3 Å². The summed E-state index contributed by atoms with van der Waals surface area (Å²) in [6.45, 7) is 4.86. The lowest BCUT2D eigenvalue weighted by Gasteiger charge is -2.30. The lowest BCUT2D eigenvalue weighted by atomic mass is 9.75. The van der Waals surface area contributed by atoms with Crippen molar-refractivity contribution in [2.75, 3.05) is 6.61 Å². The third-order valence-electron chi connectivity index (χ3n) is 7.76. The number of fused-ring (bicyclic) bond motifs is 1. The maximum absolute atomic E-state index is 15.2. The first kappa shape index (κ1) is 23.3. The van der Waals surface area contributed by atoms with E-state index in [2.05, 4.69) is 19.1 Å². The molecule has 2 aromatic rings. The molecule has 2 aliphatic carbocycles. The first-order valence-corrected chi connectivity index (χ1v) is 12.8. The average molecular weight is 441 g/mol. The zero-order valence-corrected chi connectivity index (χ0v) is 19.8. The van der Waals surface area contributed by atoms with E-state index in [0.717, 1.165) is 42.9 Å². The Morgan fingerprint density at radius 3 is 2.28 bits per heavy atom. The smallest absolute Gasteiger partial charge is 0.129 e. The highest BCUT2D eigenvalue weighted by atomic mass is 19.1. The molecule has 0 bridgehead atoms. The Balaban J connectivity index is 1.42. The number of rotatable bonds is 8. The summed E-state index contributed by atoms with van der Waals surface area (Å²) < 4.78 is 36.0. The number of hydrogen-bond donors (Lipinski definition) is 0. The quantitative estimate of drug-likeness (QED) is 0.374. The first-order valence-electron chi connectivity index (χ1n) is 12.8. The van der Waals surface area contributed by atoms with Gasteiger partial charge in [0.2, 0.25) is 0 Å². The van der Waals surface area contributed by atoms with E-state index >= 15 is 8.78 Å². The second kappa shape index (κ2) is 10.8. The molecule has 32 heavy (non-hydrogen) atoms. The van der Waals surface area contributed by atoms with Crippen LogP contribution in [-0.2, 0) is 12.8 Å². The first-order chi connectivity index (χ1) is 15.6. The molecule has 1 fully saturated rings. The Morgan fingerprint density at radius 2 is 1.59 bits per heavy atom. The van der Waals surface area contributed by atoms with E-state index in [-0.39, 0.29) is 17.6 Å². The minimum absolute atomic E-state index is 0.0937. The van der Waals surface area contributed by atoms with E-state index in [9.17, 15) is 0 Å². The molecule has 0 aliphatic heterocycles. The summed E-state index contributed by atoms with van der Waals surface area (Å²) in [6, 6.07) is 9.42. The maximum Gasteiger partial charge on any atom is 0.129 e. The number of unbranched alkanes of at least 4 members (excludes halogenated alkanes) is 2. The Bertz CT molecular complexity index is 875. The topological polar surface area (TPSA) is 9.23 Å². The molecule has 1 unspecified atom stereocenters. The van der Waals surface area contributed by atoms with Crippen molar-refractivity contribution in [2.24, 2.45) is 5.92 Å². The van der Waals surface area contributed by atoms with Crippen LogP contribution < -0.4 is 4.74 Å². The summed E-state index contributed by atoms with van der Waals surface area (Å²) in [5.74, 6) is 1.21. The van der Waals surface area contributed by atoms with Crippen LogP contribution in [0.2, 0.25) is 0 Å². The number of aryl methyl sites for hydroxylation is 1. The SMILES string of the molecule is CCCCCC1CCC(c2cc(F)c(C3CCc4cc(OCC)ccc4C3)c(F)c2)CC1. The summed E-state index contributed by atoms with van der Waals surface area (Å²) in [5, 5.41) is 0. The summed E-state index contributed by atoms with van der Waals surface area (Å²) in [4.78, 5) is 0. The number of hydrogen-bond acceptors (Lipinski definition) is 1. The van der Waals surface area contributed by atoms with Crippen molar-refractivity contribution in [1.29, 1.82) is 0 Å². The minimum Gasteiger partial charge on any atom is -0.494 e. The van der Waals surface area contributed by atoms with Gasteiger partial charge >= 0.3 is 0 Å². The molecule has 0 spiro atoms. The summed E-state index contributed by atoms with van der Waals surface area (Å²) >= 11 is 0. The molecule has 0 radical (unpaired) electrons. The lowest BCUT2D eigenvalue weighted by Crippen LogP contribution is -2.17. The van der Waals surface area contributed by atoms with E-state index in [1.165, 1.54) is 49.7 Å². The van der Waals surface area contributed by atoms with Gasteiger partial charge in [-0.2, -0.15) is 0 Å². The second-order valence-electron chi connectivity index (χ2n) is 9.91. The maximum atomic E-state index is 15.2. The van der Waals surface area contributed by atoms with Gasteiger partial charge in [-0.25, -0.2) is 8.78 Å². The van der Waals surface area contributed by atoms with Gasteiger partial charge in [0.05, 0.1) is 6.61 Å². The van der Waals surface area contributed by atoms with Crippen molar-refractivity contribution in [1.82, 2.24) is 0 Å². The molecule has 1 atom stereocenters. The predicted molar refractivity (Wildman–Crippen MR) is 128 cm³/mol. The van der Waals surface area contributed by atoms with Crippen LogP contribution in [0.4, 0.5) is 8.78 Å². The van der Waals surface area contributed by atoms with E-state index < -0.39 is 0 Å². The van der Waals surface area contributed by atoms with Crippen molar-refractivity contribution in [3.63, 3.8) is 0 Å². The predicted octanol–water partition coefficient (Wildman–Crippen LogP) is 8.49. The number of ether oxygens (including phenoxy) is 1. The third kappa shape index (κ3) is 5.35. The normalized spacial score (nSPS) is 23.1. The molecule has 2 aromatic carbocycles. The zero-order chi connectivity index (χ0) is 22.5. The Labute approximate surface area is 192 Å². The lowest BCUT2D eigenvalue weighted by molar-refractivity contribution is 0.302. The van der Waals surface area contributed by atoms with Gasteiger partial charge in [0.25, 0.3) is 0 Å². The van der Waals surface area contributed by atoms with Gasteiger partial charge in [-0.05, 0) is 111 Å². The van der Waals surface area contributed by atoms with Gasteiger partial charge in [-0.15, -0.1) is 0 Å². The molecule has 0 amide bonds. The Morgan fingerprint density at radius 1 is 0.844 bits per heavy atom. The number of benzene rings is 2. The van der Waals surface area contributed by atoms with Crippen LogP contribution in [0.1, 0.15) is 106 Å². The molecular weight excluding hydrogens is 402 g/mol. The molecule has 174 valence electrons. The molecule has 4 rings (SSSR count). The molecule has 1 nitrogen and oxygen atoms in total. The van der Waals surface area contributed by atoms with Gasteiger partial charge in [0.15, 0.2) is 0 Å². The van der Waals surface area contributed by atoms with E-state index in [4.69, 9.17) is 4.74 Å². The average Bonchev–Trinajstić information content (AvgIpc) is 2.79. The standard InChI is InChI=1S/C29H38F2O/c1-3-5-6-7-20-8-10-21(11-9-20)25-18-27(30)29(28(31)19-25)24-13-12-23-17-26(32-4-2)15-14-22(23)16-24/h14-15,17-21,24H,3-13,16H2,1-2H3. The summed E-state index contributed by atoms with van der Waals surface area (Å²) in [7, 11) is 0. The summed E-state index contributed by atoms with van der Waals surface area (Å²) in [6.07, 6.45) is 12.0. The van der Waals surface area contributed by atoms with Crippen molar-refractivity contribution in [3.05, 3.63) is 64.2 Å². The third-order valence-corrected chi connectivity index (χ3v) is 7.76. The van der Waals surface area contributed by atoms with Gasteiger partial charge in [0.1, 0.15) is 17.4 Å². The Kier molecular flexibility index (Phi) is 7.86. The van der Waals surface area contributed by atoms with E-state index in [0.29, 0.717) is 24.5 Å². The Hall–Kier alpha value is -1.90. The van der Waals surface area contributed by atoms with Crippen LogP contribution in [-0.4, -0.2) is 6.61 Å². The minimum atomic E-state index is -0.343. The molecular formula is C29H38F2O. The van der Waals surface area contributed by atoms with Crippen LogP contribution >= 0.6 is 0 Å². The van der Waals surface area contributed by atoms with Gasteiger partial charge in [0, 0.05) is 5.56 Å². The second-order valence-corrected chi connectivity index (χ2v) is 9.91. The zero-order valence-electron chi connectivity index (χ0n) is 19.8. The highest BCUT2D eigenvalue weighted by molar-refractivity contribution is 5.40. The molecule has 2 aliphatic rings. The van der Waals surface area contributed by atoms with Gasteiger partial charge < -0.3 is 4.74 Å². The largest absolute Gasteiger partial charge is 0.494 e.